The largest absolute Gasteiger partial charge is 0.352 e. The molecule has 1 fully saturated rings. The highest BCUT2D eigenvalue weighted by Crippen LogP contribution is 2.13. The van der Waals surface area contributed by atoms with E-state index in [0.29, 0.717) is 6.54 Å². The minimum absolute atomic E-state index is 0.115. The van der Waals surface area contributed by atoms with E-state index in [-0.39, 0.29) is 11.8 Å². The highest BCUT2D eigenvalue weighted by molar-refractivity contribution is 5.80. The number of benzene rings is 1. The molecule has 0 bridgehead atoms. The van der Waals surface area contributed by atoms with Gasteiger partial charge in [0, 0.05) is 18.5 Å². The number of nitrogens with zero attached hydrogens (tertiary/aromatic N) is 1. The van der Waals surface area contributed by atoms with Gasteiger partial charge in [0.05, 0.1) is 17.6 Å². The number of aromatic amines is 1. The molecule has 19 heavy (non-hydrogen) atoms. The van der Waals surface area contributed by atoms with Gasteiger partial charge < -0.3 is 10.6 Å². The Hall–Kier alpha value is -1.88. The van der Waals surface area contributed by atoms with Crippen molar-refractivity contribution >= 4 is 16.8 Å². The van der Waals surface area contributed by atoms with E-state index >= 15 is 0 Å². The zero-order valence-corrected chi connectivity index (χ0v) is 10.8. The molecule has 2 heterocycles. The number of fused-ring (bicyclic) bond motifs is 1. The zero-order valence-electron chi connectivity index (χ0n) is 10.8. The van der Waals surface area contributed by atoms with Crippen molar-refractivity contribution in [2.75, 3.05) is 13.1 Å². The standard InChI is InChI=1S/C14H18N4O/c19-14(12-2-1-5-15-8-12)16-7-10-3-4-11-9-17-18-13(11)6-10/h3-4,6,9,12,15H,1-2,5,7-8H2,(H,16,19)(H,17,18). The summed E-state index contributed by atoms with van der Waals surface area (Å²) in [6, 6.07) is 6.07. The molecule has 1 amide bonds. The van der Waals surface area contributed by atoms with Crippen molar-refractivity contribution in [2.24, 2.45) is 5.92 Å². The number of amides is 1. The summed E-state index contributed by atoms with van der Waals surface area (Å²) in [6.07, 6.45) is 3.86. The fourth-order valence-corrected chi connectivity index (χ4v) is 2.50. The van der Waals surface area contributed by atoms with E-state index < -0.39 is 0 Å². The molecule has 2 aromatic rings. The average Bonchev–Trinajstić information content (AvgIpc) is 2.93. The number of carbonyl (C=O) groups is 1. The van der Waals surface area contributed by atoms with Crippen molar-refractivity contribution < 1.29 is 4.79 Å². The van der Waals surface area contributed by atoms with Crippen molar-refractivity contribution in [2.45, 2.75) is 19.4 Å². The second-order valence-electron chi connectivity index (χ2n) is 5.05. The Labute approximate surface area is 111 Å². The first-order valence-corrected chi connectivity index (χ1v) is 6.73. The van der Waals surface area contributed by atoms with Gasteiger partial charge in [0.15, 0.2) is 0 Å². The summed E-state index contributed by atoms with van der Waals surface area (Å²) in [5.74, 6) is 0.265. The molecule has 1 aliphatic heterocycles. The fraction of sp³-hybridized carbons (Fsp3) is 0.429. The van der Waals surface area contributed by atoms with E-state index in [1.807, 2.05) is 18.2 Å². The number of rotatable bonds is 3. The molecule has 0 saturated carbocycles. The van der Waals surface area contributed by atoms with Crippen molar-refractivity contribution in [1.82, 2.24) is 20.8 Å². The van der Waals surface area contributed by atoms with Crippen molar-refractivity contribution in [3.63, 3.8) is 0 Å². The van der Waals surface area contributed by atoms with Crippen LogP contribution in [-0.4, -0.2) is 29.2 Å². The number of hydrogen-bond donors (Lipinski definition) is 3. The topological polar surface area (TPSA) is 69.8 Å². The van der Waals surface area contributed by atoms with Gasteiger partial charge in [0.1, 0.15) is 0 Å². The highest BCUT2D eigenvalue weighted by atomic mass is 16.1. The van der Waals surface area contributed by atoms with Crippen LogP contribution < -0.4 is 10.6 Å². The van der Waals surface area contributed by atoms with Crippen LogP contribution in [0.5, 0.6) is 0 Å². The lowest BCUT2D eigenvalue weighted by Crippen LogP contribution is -2.40. The lowest BCUT2D eigenvalue weighted by molar-refractivity contribution is -0.125. The van der Waals surface area contributed by atoms with Gasteiger partial charge in [0.25, 0.3) is 0 Å². The van der Waals surface area contributed by atoms with Gasteiger partial charge in [0.2, 0.25) is 5.91 Å². The molecule has 1 atom stereocenters. The molecular weight excluding hydrogens is 240 g/mol. The Kier molecular flexibility index (Phi) is 3.46. The monoisotopic (exact) mass is 258 g/mol. The first-order chi connectivity index (χ1) is 9.33. The summed E-state index contributed by atoms with van der Waals surface area (Å²) >= 11 is 0. The average molecular weight is 258 g/mol. The molecule has 1 aliphatic rings. The van der Waals surface area contributed by atoms with Gasteiger partial charge in [-0.05, 0) is 31.0 Å². The number of piperidine rings is 1. The van der Waals surface area contributed by atoms with Crippen LogP contribution in [0, 0.1) is 5.92 Å². The number of nitrogens with one attached hydrogen (secondary N) is 3. The van der Waals surface area contributed by atoms with Crippen LogP contribution in [0.3, 0.4) is 0 Å². The summed E-state index contributed by atoms with van der Waals surface area (Å²) in [4.78, 5) is 12.0. The lowest BCUT2D eigenvalue weighted by atomic mass is 9.99. The molecular formula is C14H18N4O. The van der Waals surface area contributed by atoms with Gasteiger partial charge in [-0.3, -0.25) is 9.89 Å². The molecule has 3 N–H and O–H groups in total. The van der Waals surface area contributed by atoms with Crippen LogP contribution in [-0.2, 0) is 11.3 Å². The van der Waals surface area contributed by atoms with Crippen LogP contribution in [0.15, 0.2) is 24.4 Å². The quantitative estimate of drug-likeness (QED) is 0.774. The first kappa shape index (κ1) is 12.2. The van der Waals surface area contributed by atoms with Crippen LogP contribution in [0.4, 0.5) is 0 Å². The Morgan fingerprint density at radius 2 is 2.42 bits per heavy atom. The Morgan fingerprint density at radius 1 is 1.47 bits per heavy atom. The maximum absolute atomic E-state index is 12.0. The van der Waals surface area contributed by atoms with Crippen LogP contribution in [0.2, 0.25) is 0 Å². The van der Waals surface area contributed by atoms with Gasteiger partial charge in [-0.1, -0.05) is 12.1 Å². The highest BCUT2D eigenvalue weighted by Gasteiger charge is 2.20. The van der Waals surface area contributed by atoms with E-state index in [9.17, 15) is 4.79 Å². The normalized spacial score (nSPS) is 19.5. The van der Waals surface area contributed by atoms with Gasteiger partial charge >= 0.3 is 0 Å². The molecule has 5 heteroatoms. The Balaban J connectivity index is 1.60. The number of hydrogen-bond acceptors (Lipinski definition) is 3. The van der Waals surface area contributed by atoms with Crippen LogP contribution in [0.25, 0.3) is 10.9 Å². The predicted octanol–water partition coefficient (Wildman–Crippen LogP) is 1.18. The predicted molar refractivity (Wildman–Crippen MR) is 73.5 cm³/mol. The lowest BCUT2D eigenvalue weighted by Gasteiger charge is -2.21. The maximum Gasteiger partial charge on any atom is 0.224 e. The molecule has 3 rings (SSSR count). The zero-order chi connectivity index (χ0) is 13.1. The third-order valence-corrected chi connectivity index (χ3v) is 3.64. The Morgan fingerprint density at radius 3 is 3.26 bits per heavy atom. The van der Waals surface area contributed by atoms with E-state index in [1.165, 1.54) is 0 Å². The summed E-state index contributed by atoms with van der Waals surface area (Å²) in [5.41, 5.74) is 2.10. The second-order valence-corrected chi connectivity index (χ2v) is 5.05. The molecule has 1 saturated heterocycles. The molecule has 0 spiro atoms. The molecule has 5 nitrogen and oxygen atoms in total. The first-order valence-electron chi connectivity index (χ1n) is 6.73. The SMILES string of the molecule is O=C(NCc1ccc2cn[nH]c2c1)C1CCCNC1. The summed E-state index contributed by atoms with van der Waals surface area (Å²) in [6.45, 7) is 2.40. The molecule has 0 radical (unpaired) electrons. The van der Waals surface area contributed by atoms with Crippen molar-refractivity contribution in [1.29, 1.82) is 0 Å². The Bertz CT molecular complexity index is 572. The molecule has 100 valence electrons. The summed E-state index contributed by atoms with van der Waals surface area (Å²) in [5, 5.41) is 14.3. The maximum atomic E-state index is 12.0. The molecule has 0 aliphatic carbocycles. The number of H-pyrrole nitrogens is 1. The van der Waals surface area contributed by atoms with Gasteiger partial charge in [-0.25, -0.2) is 0 Å². The molecule has 1 aromatic heterocycles. The fourth-order valence-electron chi connectivity index (χ4n) is 2.50. The number of carbonyl (C=O) groups excluding carboxylic acids is 1. The number of aromatic nitrogens is 2. The van der Waals surface area contributed by atoms with Gasteiger partial charge in [-0.15, -0.1) is 0 Å². The second kappa shape index (κ2) is 5.40. The molecule has 1 unspecified atom stereocenters. The van der Waals surface area contributed by atoms with Gasteiger partial charge in [-0.2, -0.15) is 5.10 Å². The third-order valence-electron chi connectivity index (χ3n) is 3.64. The smallest absolute Gasteiger partial charge is 0.224 e. The summed E-state index contributed by atoms with van der Waals surface area (Å²) < 4.78 is 0. The third kappa shape index (κ3) is 2.76. The van der Waals surface area contributed by atoms with Crippen LogP contribution in [0.1, 0.15) is 18.4 Å². The van der Waals surface area contributed by atoms with E-state index in [2.05, 4.69) is 20.8 Å². The van der Waals surface area contributed by atoms with Crippen molar-refractivity contribution in [3.8, 4) is 0 Å². The van der Waals surface area contributed by atoms with Crippen LogP contribution >= 0.6 is 0 Å². The minimum Gasteiger partial charge on any atom is -0.352 e. The van der Waals surface area contributed by atoms with E-state index in [0.717, 1.165) is 42.4 Å². The summed E-state index contributed by atoms with van der Waals surface area (Å²) in [7, 11) is 0. The minimum atomic E-state index is 0.115. The molecule has 1 aromatic carbocycles. The van der Waals surface area contributed by atoms with Crippen molar-refractivity contribution in [3.05, 3.63) is 30.0 Å². The van der Waals surface area contributed by atoms with E-state index in [4.69, 9.17) is 0 Å². The van der Waals surface area contributed by atoms with E-state index in [1.54, 1.807) is 6.20 Å².